The van der Waals surface area contributed by atoms with Crippen LogP contribution in [-0.2, 0) is 0 Å². The summed E-state index contributed by atoms with van der Waals surface area (Å²) in [6, 6.07) is 3.56. The lowest BCUT2D eigenvalue weighted by molar-refractivity contribution is 0.995. The van der Waals surface area contributed by atoms with Crippen LogP contribution in [0.3, 0.4) is 0 Å². The van der Waals surface area contributed by atoms with E-state index in [1.807, 2.05) is 6.07 Å². The van der Waals surface area contributed by atoms with Crippen LogP contribution in [0.4, 0.5) is 5.69 Å². The van der Waals surface area contributed by atoms with Crippen molar-refractivity contribution in [2.45, 2.75) is 0 Å². The molecule has 0 spiro atoms. The van der Waals surface area contributed by atoms with Gasteiger partial charge in [-0.3, -0.25) is 4.57 Å². The zero-order chi connectivity index (χ0) is 9.97. The van der Waals surface area contributed by atoms with Crippen LogP contribution in [0.5, 0.6) is 0 Å². The number of nitrogens with zero attached hydrogens (tertiary/aromatic N) is 4. The van der Waals surface area contributed by atoms with Gasteiger partial charge in [0, 0.05) is 18.6 Å². The van der Waals surface area contributed by atoms with Gasteiger partial charge in [0.2, 0.25) is 0 Å². The summed E-state index contributed by atoms with van der Waals surface area (Å²) in [7, 11) is 0. The van der Waals surface area contributed by atoms with Crippen LogP contribution in [0.15, 0.2) is 31.0 Å². The highest BCUT2D eigenvalue weighted by molar-refractivity contribution is 5.56. The summed E-state index contributed by atoms with van der Waals surface area (Å²) >= 11 is 0. The lowest BCUT2D eigenvalue weighted by Crippen LogP contribution is -2.01. The van der Waals surface area contributed by atoms with E-state index in [0.717, 1.165) is 0 Å². The second-order valence-corrected chi connectivity index (χ2v) is 2.72. The van der Waals surface area contributed by atoms with Gasteiger partial charge in [0.15, 0.2) is 5.82 Å². The van der Waals surface area contributed by atoms with Crippen molar-refractivity contribution in [3.8, 4) is 11.9 Å². The summed E-state index contributed by atoms with van der Waals surface area (Å²) in [4.78, 5) is 7.95. The number of nitrogen functional groups attached to an aromatic ring is 1. The molecule has 0 saturated carbocycles. The SMILES string of the molecule is N#Cc1cnc(-n2ccnc2)c(N)c1. The average molecular weight is 185 g/mol. The van der Waals surface area contributed by atoms with Crippen molar-refractivity contribution < 1.29 is 0 Å². The monoisotopic (exact) mass is 185 g/mol. The maximum absolute atomic E-state index is 8.62. The quantitative estimate of drug-likeness (QED) is 0.709. The maximum Gasteiger partial charge on any atom is 0.161 e. The van der Waals surface area contributed by atoms with Crippen LogP contribution in [0.2, 0.25) is 0 Å². The van der Waals surface area contributed by atoms with E-state index < -0.39 is 0 Å². The van der Waals surface area contributed by atoms with Crippen LogP contribution in [0.1, 0.15) is 5.56 Å². The molecule has 2 heterocycles. The number of imidazole rings is 1. The first-order valence-electron chi connectivity index (χ1n) is 3.95. The third-order valence-corrected chi connectivity index (χ3v) is 1.77. The molecule has 5 nitrogen and oxygen atoms in total. The number of nitriles is 1. The topological polar surface area (TPSA) is 80.5 Å². The molecule has 68 valence electrons. The van der Waals surface area contributed by atoms with Crippen LogP contribution in [-0.4, -0.2) is 14.5 Å². The normalized spacial score (nSPS) is 9.64. The molecule has 0 bridgehead atoms. The average Bonchev–Trinajstić information content (AvgIpc) is 2.70. The third-order valence-electron chi connectivity index (χ3n) is 1.77. The molecule has 0 saturated heterocycles. The molecule has 0 unspecified atom stereocenters. The van der Waals surface area contributed by atoms with Crippen molar-refractivity contribution in [2.24, 2.45) is 0 Å². The number of rotatable bonds is 1. The van der Waals surface area contributed by atoms with Crippen molar-refractivity contribution >= 4 is 5.69 Å². The highest BCUT2D eigenvalue weighted by atomic mass is 15.1. The lowest BCUT2D eigenvalue weighted by Gasteiger charge is -2.04. The smallest absolute Gasteiger partial charge is 0.161 e. The molecule has 0 aromatic carbocycles. The molecule has 5 heteroatoms. The van der Waals surface area contributed by atoms with Gasteiger partial charge in [-0.25, -0.2) is 9.97 Å². The number of anilines is 1. The Morgan fingerprint density at radius 2 is 2.36 bits per heavy atom. The third kappa shape index (κ3) is 1.29. The van der Waals surface area contributed by atoms with Crippen molar-refractivity contribution in [3.05, 3.63) is 36.5 Å². The molecule has 0 amide bonds. The number of pyridine rings is 1. The van der Waals surface area contributed by atoms with Gasteiger partial charge in [-0.1, -0.05) is 0 Å². The lowest BCUT2D eigenvalue weighted by atomic mass is 10.3. The van der Waals surface area contributed by atoms with Gasteiger partial charge < -0.3 is 5.73 Å². The Balaban J connectivity index is 2.52. The Labute approximate surface area is 80.4 Å². The molecule has 14 heavy (non-hydrogen) atoms. The van der Waals surface area contributed by atoms with E-state index in [-0.39, 0.29) is 0 Å². The summed E-state index contributed by atoms with van der Waals surface area (Å²) in [5.41, 5.74) is 6.64. The van der Waals surface area contributed by atoms with Crippen LogP contribution < -0.4 is 5.73 Å². The minimum Gasteiger partial charge on any atom is -0.396 e. The van der Waals surface area contributed by atoms with Gasteiger partial charge in [0.25, 0.3) is 0 Å². The van der Waals surface area contributed by atoms with Crippen molar-refractivity contribution in [1.29, 1.82) is 5.26 Å². The van der Waals surface area contributed by atoms with Crippen molar-refractivity contribution in [1.82, 2.24) is 14.5 Å². The zero-order valence-electron chi connectivity index (χ0n) is 7.25. The van der Waals surface area contributed by atoms with E-state index in [1.54, 1.807) is 29.4 Å². The highest BCUT2D eigenvalue weighted by Crippen LogP contribution is 2.14. The molecule has 0 fully saturated rings. The molecular formula is C9H7N5. The van der Waals surface area contributed by atoms with Gasteiger partial charge in [0.1, 0.15) is 12.4 Å². The molecule has 2 aromatic rings. The van der Waals surface area contributed by atoms with Crippen LogP contribution in [0.25, 0.3) is 5.82 Å². The molecule has 0 aliphatic heterocycles. The Morgan fingerprint density at radius 1 is 1.50 bits per heavy atom. The molecule has 0 aliphatic carbocycles. The van der Waals surface area contributed by atoms with Gasteiger partial charge in [-0.2, -0.15) is 5.26 Å². The first-order valence-corrected chi connectivity index (χ1v) is 3.95. The number of nitrogens with two attached hydrogens (primary N) is 1. The Hall–Kier alpha value is -2.35. The molecule has 2 rings (SSSR count). The molecule has 2 aromatic heterocycles. The molecular weight excluding hydrogens is 178 g/mol. The number of hydrogen-bond acceptors (Lipinski definition) is 4. The summed E-state index contributed by atoms with van der Waals surface area (Å²) < 4.78 is 1.69. The van der Waals surface area contributed by atoms with Crippen molar-refractivity contribution in [3.63, 3.8) is 0 Å². The van der Waals surface area contributed by atoms with Gasteiger partial charge in [-0.15, -0.1) is 0 Å². The van der Waals surface area contributed by atoms with E-state index in [1.165, 1.54) is 6.20 Å². The Morgan fingerprint density at radius 3 is 2.93 bits per heavy atom. The first kappa shape index (κ1) is 8.26. The summed E-state index contributed by atoms with van der Waals surface area (Å²) in [5.74, 6) is 0.585. The molecule has 0 atom stereocenters. The number of aromatic nitrogens is 3. The van der Waals surface area contributed by atoms with Crippen LogP contribution >= 0.6 is 0 Å². The minimum atomic E-state index is 0.450. The second-order valence-electron chi connectivity index (χ2n) is 2.72. The van der Waals surface area contributed by atoms with Gasteiger partial charge >= 0.3 is 0 Å². The summed E-state index contributed by atoms with van der Waals surface area (Å²) in [6.45, 7) is 0. The Bertz CT molecular complexity index is 480. The molecule has 2 N–H and O–H groups in total. The summed E-state index contributed by atoms with van der Waals surface area (Å²) in [6.07, 6.45) is 6.46. The Kier molecular flexibility index (Phi) is 1.88. The zero-order valence-corrected chi connectivity index (χ0v) is 7.25. The van der Waals surface area contributed by atoms with Gasteiger partial charge in [-0.05, 0) is 6.07 Å². The van der Waals surface area contributed by atoms with E-state index in [2.05, 4.69) is 9.97 Å². The second kappa shape index (κ2) is 3.18. The minimum absolute atomic E-state index is 0.450. The van der Waals surface area contributed by atoms with E-state index >= 15 is 0 Å². The fraction of sp³-hybridized carbons (Fsp3) is 0. The van der Waals surface area contributed by atoms with Crippen molar-refractivity contribution in [2.75, 3.05) is 5.73 Å². The standard InChI is InChI=1S/C9H7N5/c10-4-7-3-8(11)9(13-5-7)14-2-1-12-6-14/h1-3,5-6H,11H2. The highest BCUT2D eigenvalue weighted by Gasteiger charge is 2.03. The predicted molar refractivity (Wildman–Crippen MR) is 50.5 cm³/mol. The molecule has 0 aliphatic rings. The van der Waals surface area contributed by atoms with Crippen LogP contribution in [0, 0.1) is 11.3 Å². The van der Waals surface area contributed by atoms with E-state index in [9.17, 15) is 0 Å². The predicted octanol–water partition coefficient (Wildman–Crippen LogP) is 0.721. The molecule has 0 radical (unpaired) electrons. The maximum atomic E-state index is 8.62. The van der Waals surface area contributed by atoms with E-state index in [0.29, 0.717) is 17.1 Å². The van der Waals surface area contributed by atoms with E-state index in [4.69, 9.17) is 11.0 Å². The largest absolute Gasteiger partial charge is 0.396 e. The number of hydrogen-bond donors (Lipinski definition) is 1. The van der Waals surface area contributed by atoms with Gasteiger partial charge in [0.05, 0.1) is 11.3 Å². The summed E-state index contributed by atoms with van der Waals surface area (Å²) in [5, 5.41) is 8.62. The fourth-order valence-electron chi connectivity index (χ4n) is 1.14. The first-order chi connectivity index (χ1) is 6.81. The fourth-order valence-corrected chi connectivity index (χ4v) is 1.14.